The van der Waals surface area contributed by atoms with Crippen LogP contribution in [0.2, 0.25) is 0 Å². The number of benzene rings is 2. The quantitative estimate of drug-likeness (QED) is 0.673. The summed E-state index contributed by atoms with van der Waals surface area (Å²) in [6.07, 6.45) is 0. The van der Waals surface area contributed by atoms with Gasteiger partial charge in [0.25, 0.3) is 0 Å². The van der Waals surface area contributed by atoms with Gasteiger partial charge in [-0.1, -0.05) is 36.4 Å². The van der Waals surface area contributed by atoms with Crippen LogP contribution in [0.5, 0.6) is 0 Å². The smallest absolute Gasteiger partial charge is 0.361 e. The molecule has 1 aromatic heterocycles. The topological polar surface area (TPSA) is 52.3 Å². The van der Waals surface area contributed by atoms with Crippen LogP contribution in [0.15, 0.2) is 59.0 Å². The Morgan fingerprint density at radius 3 is 2.57 bits per heavy atom. The van der Waals surface area contributed by atoms with E-state index in [1.165, 1.54) is 12.1 Å². The molecule has 116 valence electrons. The van der Waals surface area contributed by atoms with Crippen molar-refractivity contribution in [2.75, 3.05) is 6.61 Å². The lowest BCUT2D eigenvalue weighted by Gasteiger charge is -2.00. The molecule has 0 N–H and O–H groups in total. The summed E-state index contributed by atoms with van der Waals surface area (Å²) in [5.74, 6) is -0.493. The fourth-order valence-electron chi connectivity index (χ4n) is 2.19. The van der Waals surface area contributed by atoms with Crippen LogP contribution in [-0.4, -0.2) is 17.6 Å². The highest BCUT2D eigenvalue weighted by Gasteiger charge is 2.23. The van der Waals surface area contributed by atoms with Crippen LogP contribution in [0.25, 0.3) is 22.8 Å². The lowest BCUT2D eigenvalue weighted by atomic mass is 10.1. The Hall–Kier alpha value is -2.95. The average molecular weight is 311 g/mol. The van der Waals surface area contributed by atoms with E-state index in [1.54, 1.807) is 31.2 Å². The highest BCUT2D eigenvalue weighted by molar-refractivity contribution is 5.94. The number of rotatable bonds is 4. The Morgan fingerprint density at radius 2 is 1.87 bits per heavy atom. The van der Waals surface area contributed by atoms with E-state index in [1.807, 2.05) is 18.2 Å². The molecule has 0 saturated carbocycles. The zero-order valence-electron chi connectivity index (χ0n) is 12.5. The molecule has 5 heteroatoms. The third-order valence-electron chi connectivity index (χ3n) is 3.20. The molecule has 23 heavy (non-hydrogen) atoms. The summed E-state index contributed by atoms with van der Waals surface area (Å²) in [5.41, 5.74) is 1.24. The fourth-order valence-corrected chi connectivity index (χ4v) is 2.19. The SMILES string of the molecule is CCOC(=O)c1nc(-c2cccc(F)c2)oc1-c1ccccc1. The molecular weight excluding hydrogens is 297 g/mol. The number of hydrogen-bond donors (Lipinski definition) is 0. The Morgan fingerprint density at radius 1 is 1.13 bits per heavy atom. The Kier molecular flexibility index (Phi) is 4.19. The summed E-state index contributed by atoms with van der Waals surface area (Å²) in [7, 11) is 0. The van der Waals surface area contributed by atoms with Gasteiger partial charge in [-0.05, 0) is 25.1 Å². The van der Waals surface area contributed by atoms with E-state index in [0.29, 0.717) is 16.9 Å². The molecule has 0 spiro atoms. The molecule has 4 nitrogen and oxygen atoms in total. The summed E-state index contributed by atoms with van der Waals surface area (Å²) in [6.45, 7) is 1.95. The van der Waals surface area contributed by atoms with Crippen molar-refractivity contribution in [3.8, 4) is 22.8 Å². The van der Waals surface area contributed by atoms with Crippen molar-refractivity contribution >= 4 is 5.97 Å². The molecule has 0 atom stereocenters. The third-order valence-corrected chi connectivity index (χ3v) is 3.20. The van der Waals surface area contributed by atoms with Crippen molar-refractivity contribution in [1.29, 1.82) is 0 Å². The van der Waals surface area contributed by atoms with E-state index in [0.717, 1.165) is 0 Å². The molecule has 0 aliphatic heterocycles. The van der Waals surface area contributed by atoms with E-state index in [4.69, 9.17) is 9.15 Å². The number of aromatic nitrogens is 1. The van der Waals surface area contributed by atoms with Crippen molar-refractivity contribution < 1.29 is 18.3 Å². The number of ether oxygens (including phenoxy) is 1. The third kappa shape index (κ3) is 3.13. The second-order valence-corrected chi connectivity index (χ2v) is 4.79. The number of carbonyl (C=O) groups excluding carboxylic acids is 1. The molecular formula is C18H14FNO3. The first-order valence-corrected chi connectivity index (χ1v) is 7.18. The van der Waals surface area contributed by atoms with Crippen LogP contribution >= 0.6 is 0 Å². The number of nitrogens with zero attached hydrogens (tertiary/aromatic N) is 1. The average Bonchev–Trinajstić information content (AvgIpc) is 3.01. The van der Waals surface area contributed by atoms with Crippen molar-refractivity contribution in [3.05, 3.63) is 66.1 Å². The number of halogens is 1. The van der Waals surface area contributed by atoms with Crippen LogP contribution in [-0.2, 0) is 4.74 Å². The number of oxazole rings is 1. The largest absolute Gasteiger partial charge is 0.461 e. The molecule has 0 unspecified atom stereocenters. The van der Waals surface area contributed by atoms with Gasteiger partial charge >= 0.3 is 5.97 Å². The lowest BCUT2D eigenvalue weighted by molar-refractivity contribution is 0.0520. The van der Waals surface area contributed by atoms with Gasteiger partial charge in [0.1, 0.15) is 5.82 Å². The zero-order chi connectivity index (χ0) is 16.2. The van der Waals surface area contributed by atoms with Crippen molar-refractivity contribution in [2.24, 2.45) is 0 Å². The summed E-state index contributed by atoms with van der Waals surface area (Å²) in [4.78, 5) is 16.3. The van der Waals surface area contributed by atoms with E-state index in [-0.39, 0.29) is 18.2 Å². The van der Waals surface area contributed by atoms with Gasteiger partial charge in [-0.2, -0.15) is 0 Å². The molecule has 0 fully saturated rings. The van der Waals surface area contributed by atoms with E-state index in [2.05, 4.69) is 4.98 Å². The van der Waals surface area contributed by atoms with Gasteiger partial charge in [0, 0.05) is 11.1 Å². The molecule has 0 radical (unpaired) electrons. The molecule has 2 aromatic carbocycles. The first kappa shape index (κ1) is 15.0. The number of carbonyl (C=O) groups is 1. The maximum atomic E-state index is 13.4. The minimum atomic E-state index is -0.572. The number of hydrogen-bond acceptors (Lipinski definition) is 4. The van der Waals surface area contributed by atoms with Gasteiger partial charge < -0.3 is 9.15 Å². The van der Waals surface area contributed by atoms with Crippen LogP contribution < -0.4 is 0 Å². The minimum absolute atomic E-state index is 0.0808. The Labute approximate surface area is 132 Å². The first-order chi connectivity index (χ1) is 11.2. The monoisotopic (exact) mass is 311 g/mol. The van der Waals surface area contributed by atoms with Crippen LogP contribution in [0.1, 0.15) is 17.4 Å². The van der Waals surface area contributed by atoms with Gasteiger partial charge in [-0.3, -0.25) is 0 Å². The molecule has 3 rings (SSSR count). The second kappa shape index (κ2) is 6.44. The Bertz CT molecular complexity index is 827. The van der Waals surface area contributed by atoms with E-state index < -0.39 is 11.8 Å². The number of esters is 1. The molecule has 0 saturated heterocycles. The van der Waals surface area contributed by atoms with Crippen molar-refractivity contribution in [1.82, 2.24) is 4.98 Å². The van der Waals surface area contributed by atoms with E-state index >= 15 is 0 Å². The van der Waals surface area contributed by atoms with Gasteiger partial charge in [0.15, 0.2) is 11.5 Å². The van der Waals surface area contributed by atoms with Crippen molar-refractivity contribution in [3.63, 3.8) is 0 Å². The van der Waals surface area contributed by atoms with Gasteiger partial charge in [0.05, 0.1) is 6.61 Å². The summed E-state index contributed by atoms with van der Waals surface area (Å²) in [6, 6.07) is 15.0. The molecule has 0 bridgehead atoms. The summed E-state index contributed by atoms with van der Waals surface area (Å²) >= 11 is 0. The standard InChI is InChI=1S/C18H14FNO3/c1-2-22-18(21)15-16(12-7-4-3-5-8-12)23-17(20-15)13-9-6-10-14(19)11-13/h3-11H,2H2,1H3. The molecule has 0 aliphatic carbocycles. The van der Waals surface area contributed by atoms with E-state index in [9.17, 15) is 9.18 Å². The highest BCUT2D eigenvalue weighted by atomic mass is 19.1. The zero-order valence-corrected chi connectivity index (χ0v) is 12.5. The maximum absolute atomic E-state index is 13.4. The van der Waals surface area contributed by atoms with Gasteiger partial charge in [0.2, 0.25) is 5.89 Å². The normalized spacial score (nSPS) is 10.5. The molecule has 1 heterocycles. The minimum Gasteiger partial charge on any atom is -0.461 e. The maximum Gasteiger partial charge on any atom is 0.361 e. The highest BCUT2D eigenvalue weighted by Crippen LogP contribution is 2.30. The van der Waals surface area contributed by atoms with Gasteiger partial charge in [-0.25, -0.2) is 14.2 Å². The predicted octanol–water partition coefficient (Wildman–Crippen LogP) is 4.32. The lowest BCUT2D eigenvalue weighted by Crippen LogP contribution is -2.06. The molecule has 3 aromatic rings. The fraction of sp³-hybridized carbons (Fsp3) is 0.111. The van der Waals surface area contributed by atoms with Crippen LogP contribution in [0, 0.1) is 5.82 Å². The van der Waals surface area contributed by atoms with Crippen LogP contribution in [0.3, 0.4) is 0 Å². The second-order valence-electron chi connectivity index (χ2n) is 4.79. The first-order valence-electron chi connectivity index (χ1n) is 7.18. The molecule has 0 aliphatic rings. The predicted molar refractivity (Wildman–Crippen MR) is 83.3 cm³/mol. The summed E-state index contributed by atoms with van der Waals surface area (Å²) < 4.78 is 24.2. The van der Waals surface area contributed by atoms with Gasteiger partial charge in [-0.15, -0.1) is 0 Å². The van der Waals surface area contributed by atoms with Crippen LogP contribution in [0.4, 0.5) is 4.39 Å². The Balaban J connectivity index is 2.12. The molecule has 0 amide bonds. The summed E-state index contributed by atoms with van der Waals surface area (Å²) in [5, 5.41) is 0. The van der Waals surface area contributed by atoms with Crippen molar-refractivity contribution in [2.45, 2.75) is 6.92 Å².